The number of pyridine rings is 2. The number of carbonyl (C=O) groups excluding carboxylic acids is 1. The summed E-state index contributed by atoms with van der Waals surface area (Å²) in [5, 5.41) is 14.4. The van der Waals surface area contributed by atoms with Crippen LogP contribution in [0.5, 0.6) is 11.8 Å². The minimum Gasteiger partial charge on any atom is -0.481 e. The highest BCUT2D eigenvalue weighted by Crippen LogP contribution is 2.50. The smallest absolute Gasteiger partial charge is 0.326 e. The SMILES string of the molecule is COc1nc(C(C)(C)C)ccc1CN[C@H]1[C@H](C(C)(C)C)[C@@H](C(=O)O)N(C(=O)C2CCCCC2)[C@H]1c1cccnc1OC. The van der Waals surface area contributed by atoms with Gasteiger partial charge in [0, 0.05) is 52.9 Å². The number of likely N-dealkylation sites (tertiary alicyclic amines) is 1. The number of hydrogen-bond acceptors (Lipinski definition) is 7. The van der Waals surface area contributed by atoms with Gasteiger partial charge in [-0.25, -0.2) is 14.8 Å². The Morgan fingerprint density at radius 1 is 1.00 bits per heavy atom. The predicted molar refractivity (Wildman–Crippen MR) is 161 cm³/mol. The third kappa shape index (κ3) is 6.41. The number of hydrogen-bond donors (Lipinski definition) is 2. The van der Waals surface area contributed by atoms with E-state index in [-0.39, 0.29) is 17.2 Å². The van der Waals surface area contributed by atoms with Crippen molar-refractivity contribution in [1.29, 1.82) is 0 Å². The number of carboxylic acids is 1. The number of methoxy groups -OCH3 is 2. The van der Waals surface area contributed by atoms with Crippen LogP contribution in [0.25, 0.3) is 0 Å². The normalized spacial score (nSPS) is 23.6. The first-order valence-corrected chi connectivity index (χ1v) is 15.1. The molecule has 42 heavy (non-hydrogen) atoms. The molecule has 1 saturated carbocycles. The third-order valence-electron chi connectivity index (χ3n) is 8.87. The highest BCUT2D eigenvalue weighted by molar-refractivity contribution is 5.87. The van der Waals surface area contributed by atoms with E-state index in [4.69, 9.17) is 14.5 Å². The second-order valence-corrected chi connectivity index (χ2v) is 13.8. The predicted octanol–water partition coefficient (Wildman–Crippen LogP) is 5.53. The molecule has 1 aliphatic heterocycles. The zero-order chi connectivity index (χ0) is 30.8. The summed E-state index contributed by atoms with van der Waals surface area (Å²) in [6, 6.07) is 5.71. The van der Waals surface area contributed by atoms with Crippen LogP contribution in [0, 0.1) is 17.3 Å². The molecule has 2 fully saturated rings. The first kappa shape index (κ1) is 31.7. The average Bonchev–Trinajstić information content (AvgIpc) is 3.31. The molecule has 0 aromatic carbocycles. The van der Waals surface area contributed by atoms with Gasteiger partial charge in [0.25, 0.3) is 0 Å². The molecule has 4 atom stereocenters. The van der Waals surface area contributed by atoms with Crippen LogP contribution in [-0.2, 0) is 21.5 Å². The number of carboxylic acid groups (broad SMARTS) is 1. The van der Waals surface area contributed by atoms with E-state index >= 15 is 0 Å². The fraction of sp³-hybridized carbons (Fsp3) is 0.636. The molecule has 4 rings (SSSR count). The molecule has 2 N–H and O–H groups in total. The lowest BCUT2D eigenvalue weighted by Gasteiger charge is -2.36. The molecule has 2 aromatic heterocycles. The standard InChI is InChI=1S/C33H48N4O5/c1-32(2,3)23-17-16-21(28(36-23)41-7)19-35-25-24(33(4,5)6)27(31(39)40)37(30(38)20-13-10-9-11-14-20)26(25)22-15-12-18-34-29(22)42-8/h12,15-18,20,24-27,35H,9-11,13-14,19H2,1-8H3,(H,39,40)/t24-,25-,26-,27-/m0/s1. The van der Waals surface area contributed by atoms with Crippen LogP contribution >= 0.6 is 0 Å². The summed E-state index contributed by atoms with van der Waals surface area (Å²) in [5.74, 6) is -0.774. The Hall–Kier alpha value is -3.20. The van der Waals surface area contributed by atoms with Crippen LogP contribution in [0.3, 0.4) is 0 Å². The number of aromatic nitrogens is 2. The molecule has 0 radical (unpaired) electrons. The van der Waals surface area contributed by atoms with Crippen LogP contribution in [0.2, 0.25) is 0 Å². The van der Waals surface area contributed by atoms with E-state index in [0.29, 0.717) is 23.9 Å². The monoisotopic (exact) mass is 580 g/mol. The summed E-state index contributed by atoms with van der Waals surface area (Å²) in [5.41, 5.74) is 1.89. The van der Waals surface area contributed by atoms with Gasteiger partial charge in [0.05, 0.1) is 20.3 Å². The van der Waals surface area contributed by atoms with Crippen molar-refractivity contribution in [2.24, 2.45) is 17.3 Å². The molecule has 230 valence electrons. The van der Waals surface area contributed by atoms with Gasteiger partial charge >= 0.3 is 5.97 Å². The largest absolute Gasteiger partial charge is 0.481 e. The molecule has 1 amide bonds. The van der Waals surface area contributed by atoms with E-state index in [2.05, 4.69) is 51.8 Å². The lowest BCUT2D eigenvalue weighted by molar-refractivity contribution is -0.154. The van der Waals surface area contributed by atoms with Crippen LogP contribution in [0.1, 0.15) is 96.5 Å². The van der Waals surface area contributed by atoms with Gasteiger partial charge in [-0.05, 0) is 36.5 Å². The Morgan fingerprint density at radius 3 is 2.24 bits per heavy atom. The van der Waals surface area contributed by atoms with Crippen molar-refractivity contribution >= 4 is 11.9 Å². The van der Waals surface area contributed by atoms with Gasteiger partial charge < -0.3 is 24.8 Å². The maximum Gasteiger partial charge on any atom is 0.326 e. The molecule has 2 aliphatic rings. The number of nitrogens with zero attached hydrogens (tertiary/aromatic N) is 3. The van der Waals surface area contributed by atoms with Crippen molar-refractivity contribution < 1.29 is 24.2 Å². The van der Waals surface area contributed by atoms with E-state index in [0.717, 1.165) is 43.4 Å². The highest BCUT2D eigenvalue weighted by Gasteiger charge is 2.59. The fourth-order valence-corrected chi connectivity index (χ4v) is 6.84. The number of amides is 1. The number of ether oxygens (including phenoxy) is 2. The molecular formula is C33H48N4O5. The molecule has 3 heterocycles. The van der Waals surface area contributed by atoms with Crippen LogP contribution in [0.15, 0.2) is 30.5 Å². The van der Waals surface area contributed by atoms with Gasteiger partial charge in [0.15, 0.2) is 0 Å². The Balaban J connectivity index is 1.84. The van der Waals surface area contributed by atoms with Crippen molar-refractivity contribution in [3.63, 3.8) is 0 Å². The molecule has 0 spiro atoms. The first-order chi connectivity index (χ1) is 19.8. The van der Waals surface area contributed by atoms with Crippen LogP contribution < -0.4 is 14.8 Å². The van der Waals surface area contributed by atoms with E-state index in [1.54, 1.807) is 25.3 Å². The molecule has 2 aromatic rings. The van der Waals surface area contributed by atoms with E-state index in [1.807, 2.05) is 24.3 Å². The molecule has 0 unspecified atom stereocenters. The summed E-state index contributed by atoms with van der Waals surface area (Å²) in [6.45, 7) is 12.9. The second-order valence-electron chi connectivity index (χ2n) is 13.8. The van der Waals surface area contributed by atoms with E-state index in [1.165, 1.54) is 0 Å². The van der Waals surface area contributed by atoms with Gasteiger partial charge in [-0.3, -0.25) is 4.79 Å². The van der Waals surface area contributed by atoms with Crippen molar-refractivity contribution in [2.75, 3.05) is 14.2 Å². The number of nitrogens with one attached hydrogen (secondary N) is 1. The number of aliphatic carboxylic acids is 1. The van der Waals surface area contributed by atoms with Crippen LogP contribution in [0.4, 0.5) is 0 Å². The van der Waals surface area contributed by atoms with E-state index < -0.39 is 35.4 Å². The lowest BCUT2D eigenvalue weighted by atomic mass is 9.72. The molecule has 1 saturated heterocycles. The topological polar surface area (TPSA) is 114 Å². The number of rotatable bonds is 8. The Kier molecular flexibility index (Phi) is 9.50. The van der Waals surface area contributed by atoms with Crippen LogP contribution in [-0.4, -0.2) is 58.2 Å². The summed E-state index contributed by atoms with van der Waals surface area (Å²) in [6.07, 6.45) is 6.26. The molecular weight excluding hydrogens is 532 g/mol. The zero-order valence-electron chi connectivity index (χ0n) is 26.4. The first-order valence-electron chi connectivity index (χ1n) is 15.1. The van der Waals surface area contributed by atoms with E-state index in [9.17, 15) is 14.7 Å². The zero-order valence-corrected chi connectivity index (χ0v) is 26.4. The summed E-state index contributed by atoms with van der Waals surface area (Å²) in [4.78, 5) is 38.4. The average molecular weight is 581 g/mol. The maximum atomic E-state index is 14.4. The van der Waals surface area contributed by atoms with Crippen molar-refractivity contribution in [2.45, 2.75) is 104 Å². The van der Waals surface area contributed by atoms with Gasteiger partial charge in [-0.15, -0.1) is 0 Å². The minimum absolute atomic E-state index is 0.0923. The van der Waals surface area contributed by atoms with Gasteiger partial charge in [-0.1, -0.05) is 66.9 Å². The third-order valence-corrected chi connectivity index (χ3v) is 8.87. The summed E-state index contributed by atoms with van der Waals surface area (Å²) < 4.78 is 11.4. The summed E-state index contributed by atoms with van der Waals surface area (Å²) in [7, 11) is 3.17. The Morgan fingerprint density at radius 2 is 1.67 bits per heavy atom. The highest BCUT2D eigenvalue weighted by atomic mass is 16.5. The van der Waals surface area contributed by atoms with Gasteiger partial charge in [-0.2, -0.15) is 0 Å². The van der Waals surface area contributed by atoms with Crippen molar-refractivity contribution in [1.82, 2.24) is 20.2 Å². The molecule has 1 aliphatic carbocycles. The van der Waals surface area contributed by atoms with Gasteiger partial charge in [0.1, 0.15) is 6.04 Å². The fourth-order valence-electron chi connectivity index (χ4n) is 6.84. The maximum absolute atomic E-state index is 14.4. The minimum atomic E-state index is -1.02. The summed E-state index contributed by atoms with van der Waals surface area (Å²) >= 11 is 0. The Labute approximate surface area is 250 Å². The number of carbonyl (C=O) groups is 2. The van der Waals surface area contributed by atoms with Crippen molar-refractivity contribution in [3.05, 3.63) is 47.3 Å². The van der Waals surface area contributed by atoms with Gasteiger partial charge in [0.2, 0.25) is 17.7 Å². The Bertz CT molecular complexity index is 1260. The quantitative estimate of drug-likeness (QED) is 0.419. The molecule has 9 heteroatoms. The lowest BCUT2D eigenvalue weighted by Crippen LogP contribution is -2.49. The molecule has 0 bridgehead atoms. The molecule has 9 nitrogen and oxygen atoms in total. The van der Waals surface area contributed by atoms with Crippen molar-refractivity contribution in [3.8, 4) is 11.8 Å². The second kappa shape index (κ2) is 12.6.